The van der Waals surface area contributed by atoms with Gasteiger partial charge in [0.2, 0.25) is 11.6 Å². The predicted molar refractivity (Wildman–Crippen MR) is 71.2 cm³/mol. The summed E-state index contributed by atoms with van der Waals surface area (Å²) >= 11 is 0. The fraction of sp³-hybridized carbons (Fsp3) is 0.182. The SMILES string of the molecule is OC(Cc1ccc2nc(-c3nn[nH]n3)cn2c1)c1nn[nH]n1. The second kappa shape index (κ2) is 4.96. The van der Waals surface area contributed by atoms with Crippen LogP contribution < -0.4 is 0 Å². The number of hydrogen-bond acceptors (Lipinski definition) is 8. The third kappa shape index (κ3) is 2.18. The van der Waals surface area contributed by atoms with E-state index in [-0.39, 0.29) is 5.82 Å². The second-order valence-electron chi connectivity index (χ2n) is 4.65. The summed E-state index contributed by atoms with van der Waals surface area (Å²) in [6, 6.07) is 3.73. The van der Waals surface area contributed by atoms with Crippen LogP contribution in [0, 0.1) is 0 Å². The van der Waals surface area contributed by atoms with Gasteiger partial charge in [-0.3, -0.25) is 0 Å². The van der Waals surface area contributed by atoms with Crippen molar-refractivity contribution in [1.29, 1.82) is 0 Å². The van der Waals surface area contributed by atoms with Gasteiger partial charge < -0.3 is 9.51 Å². The summed E-state index contributed by atoms with van der Waals surface area (Å²) in [5, 5.41) is 37.0. The summed E-state index contributed by atoms with van der Waals surface area (Å²) < 4.78 is 1.84. The van der Waals surface area contributed by atoms with E-state index in [0.717, 1.165) is 11.2 Å². The van der Waals surface area contributed by atoms with Crippen molar-refractivity contribution < 1.29 is 5.11 Å². The lowest BCUT2D eigenvalue weighted by molar-refractivity contribution is 0.168. The molecule has 22 heavy (non-hydrogen) atoms. The summed E-state index contributed by atoms with van der Waals surface area (Å²) in [5.41, 5.74) is 2.27. The van der Waals surface area contributed by atoms with E-state index in [1.165, 1.54) is 0 Å². The molecule has 0 aliphatic carbocycles. The molecule has 110 valence electrons. The van der Waals surface area contributed by atoms with E-state index >= 15 is 0 Å². The van der Waals surface area contributed by atoms with Crippen LogP contribution in [0.4, 0.5) is 0 Å². The molecule has 11 heteroatoms. The van der Waals surface area contributed by atoms with Crippen LogP contribution in [0.15, 0.2) is 24.5 Å². The van der Waals surface area contributed by atoms with Gasteiger partial charge in [-0.1, -0.05) is 11.3 Å². The molecular formula is C11H10N10O. The van der Waals surface area contributed by atoms with Crippen molar-refractivity contribution >= 4 is 5.65 Å². The summed E-state index contributed by atoms with van der Waals surface area (Å²) in [5.74, 6) is 0.690. The fourth-order valence-corrected chi connectivity index (χ4v) is 2.16. The molecule has 0 saturated heterocycles. The molecule has 4 aromatic heterocycles. The fourth-order valence-electron chi connectivity index (χ4n) is 2.16. The third-order valence-corrected chi connectivity index (χ3v) is 3.18. The summed E-state index contributed by atoms with van der Waals surface area (Å²) in [7, 11) is 0. The van der Waals surface area contributed by atoms with Gasteiger partial charge in [0.1, 0.15) is 17.4 Å². The van der Waals surface area contributed by atoms with Crippen molar-refractivity contribution in [1.82, 2.24) is 50.6 Å². The number of pyridine rings is 1. The number of aromatic nitrogens is 10. The molecule has 0 aliphatic rings. The number of aliphatic hydroxyl groups is 1. The van der Waals surface area contributed by atoms with Crippen molar-refractivity contribution in [2.75, 3.05) is 0 Å². The molecular weight excluding hydrogens is 288 g/mol. The van der Waals surface area contributed by atoms with Crippen molar-refractivity contribution in [2.45, 2.75) is 12.5 Å². The maximum atomic E-state index is 10.0. The Morgan fingerprint density at radius 3 is 2.73 bits per heavy atom. The molecule has 4 heterocycles. The zero-order valence-electron chi connectivity index (χ0n) is 11.1. The van der Waals surface area contributed by atoms with E-state index in [0.29, 0.717) is 17.9 Å². The molecule has 1 atom stereocenters. The molecule has 0 saturated carbocycles. The van der Waals surface area contributed by atoms with E-state index in [2.05, 4.69) is 46.2 Å². The quantitative estimate of drug-likeness (QED) is 0.448. The Morgan fingerprint density at radius 1 is 1.09 bits per heavy atom. The Hall–Kier alpha value is -3.21. The van der Waals surface area contributed by atoms with Crippen molar-refractivity contribution in [3.05, 3.63) is 35.9 Å². The van der Waals surface area contributed by atoms with Crippen molar-refractivity contribution in [2.24, 2.45) is 0 Å². The highest BCUT2D eigenvalue weighted by molar-refractivity contribution is 5.55. The minimum Gasteiger partial charge on any atom is -0.385 e. The molecule has 0 bridgehead atoms. The molecule has 0 aliphatic heterocycles. The first-order valence-electron chi connectivity index (χ1n) is 6.42. The number of H-pyrrole nitrogens is 2. The summed E-state index contributed by atoms with van der Waals surface area (Å²) in [6.07, 6.45) is 3.21. The van der Waals surface area contributed by atoms with Crippen LogP contribution in [-0.4, -0.2) is 55.7 Å². The van der Waals surface area contributed by atoms with Gasteiger partial charge in [0, 0.05) is 18.8 Å². The number of hydrogen-bond donors (Lipinski definition) is 3. The molecule has 0 aromatic carbocycles. The third-order valence-electron chi connectivity index (χ3n) is 3.18. The summed E-state index contributed by atoms with van der Waals surface area (Å²) in [4.78, 5) is 4.40. The van der Waals surface area contributed by atoms with Gasteiger partial charge in [-0.2, -0.15) is 10.4 Å². The van der Waals surface area contributed by atoms with Gasteiger partial charge in [-0.15, -0.1) is 20.4 Å². The van der Waals surface area contributed by atoms with Crippen LogP contribution in [0.5, 0.6) is 0 Å². The number of fused-ring (bicyclic) bond motifs is 1. The van der Waals surface area contributed by atoms with Crippen molar-refractivity contribution in [3.63, 3.8) is 0 Å². The highest BCUT2D eigenvalue weighted by atomic mass is 16.3. The smallest absolute Gasteiger partial charge is 0.224 e. The first kappa shape index (κ1) is 12.5. The Bertz CT molecular complexity index is 881. The number of tetrazole rings is 2. The van der Waals surface area contributed by atoms with Gasteiger partial charge in [0.05, 0.1) is 0 Å². The average molecular weight is 298 g/mol. The highest BCUT2D eigenvalue weighted by Gasteiger charge is 2.14. The zero-order valence-corrected chi connectivity index (χ0v) is 11.1. The lowest BCUT2D eigenvalue weighted by Crippen LogP contribution is -2.04. The predicted octanol–water partition coefficient (Wildman–Crippen LogP) is -0.696. The summed E-state index contributed by atoms with van der Waals surface area (Å²) in [6.45, 7) is 0. The van der Waals surface area contributed by atoms with Crippen LogP contribution in [0.25, 0.3) is 17.2 Å². The van der Waals surface area contributed by atoms with Crippen LogP contribution >= 0.6 is 0 Å². The van der Waals surface area contributed by atoms with E-state index in [4.69, 9.17) is 0 Å². The Kier molecular flexibility index (Phi) is 2.83. The molecule has 0 radical (unpaired) electrons. The first-order chi connectivity index (χ1) is 10.8. The normalized spacial score (nSPS) is 12.8. The number of aliphatic hydroxyl groups excluding tert-OH is 1. The van der Waals surface area contributed by atoms with Crippen molar-refractivity contribution in [3.8, 4) is 11.5 Å². The largest absolute Gasteiger partial charge is 0.385 e. The van der Waals surface area contributed by atoms with E-state index in [1.807, 2.05) is 22.7 Å². The van der Waals surface area contributed by atoms with E-state index in [1.54, 1.807) is 6.20 Å². The molecule has 1 unspecified atom stereocenters. The minimum absolute atomic E-state index is 0.262. The van der Waals surface area contributed by atoms with Crippen LogP contribution in [0.3, 0.4) is 0 Å². The van der Waals surface area contributed by atoms with Gasteiger partial charge in [0.25, 0.3) is 0 Å². The zero-order chi connectivity index (χ0) is 14.9. The topological polar surface area (TPSA) is 146 Å². The van der Waals surface area contributed by atoms with Gasteiger partial charge in [0.15, 0.2) is 0 Å². The number of aromatic amines is 2. The highest BCUT2D eigenvalue weighted by Crippen LogP contribution is 2.17. The molecule has 0 fully saturated rings. The molecule has 4 aromatic rings. The lowest BCUT2D eigenvalue weighted by atomic mass is 10.1. The van der Waals surface area contributed by atoms with Gasteiger partial charge in [-0.25, -0.2) is 4.98 Å². The molecule has 0 amide bonds. The number of rotatable bonds is 4. The monoisotopic (exact) mass is 298 g/mol. The number of nitrogens with one attached hydrogen (secondary N) is 2. The Labute approximate surface area is 122 Å². The lowest BCUT2D eigenvalue weighted by Gasteiger charge is -2.06. The van der Waals surface area contributed by atoms with Crippen LogP contribution in [0.2, 0.25) is 0 Å². The van der Waals surface area contributed by atoms with Gasteiger partial charge >= 0.3 is 0 Å². The van der Waals surface area contributed by atoms with Crippen LogP contribution in [-0.2, 0) is 6.42 Å². The van der Waals surface area contributed by atoms with E-state index < -0.39 is 6.10 Å². The first-order valence-corrected chi connectivity index (χ1v) is 6.42. The maximum absolute atomic E-state index is 10.0. The minimum atomic E-state index is -0.823. The Balaban J connectivity index is 1.63. The van der Waals surface area contributed by atoms with Crippen LogP contribution in [0.1, 0.15) is 17.5 Å². The average Bonchev–Trinajstić information content (AvgIpc) is 3.26. The molecule has 4 rings (SSSR count). The van der Waals surface area contributed by atoms with E-state index in [9.17, 15) is 5.11 Å². The standard InChI is InChI=1S/C11H10N10O/c22-8(11-15-19-20-16-11)3-6-1-2-9-12-7(5-21(9)4-6)10-13-17-18-14-10/h1-2,4-5,8,22H,3H2,(H,13,14,17,18)(H,15,16,19,20). The maximum Gasteiger partial charge on any atom is 0.224 e. The van der Waals surface area contributed by atoms with Gasteiger partial charge in [-0.05, 0) is 16.8 Å². The molecule has 11 nitrogen and oxygen atoms in total. The number of nitrogens with zero attached hydrogens (tertiary/aromatic N) is 8. The Morgan fingerprint density at radius 2 is 1.95 bits per heavy atom. The molecule has 3 N–H and O–H groups in total. The second-order valence-corrected chi connectivity index (χ2v) is 4.65. The molecule has 0 spiro atoms. The number of imidazole rings is 1.